The summed E-state index contributed by atoms with van der Waals surface area (Å²) in [5, 5.41) is 3.18. The van der Waals surface area contributed by atoms with Crippen LogP contribution in [0.5, 0.6) is 5.75 Å². The monoisotopic (exact) mass is 389 g/mol. The predicted molar refractivity (Wildman–Crippen MR) is 107 cm³/mol. The number of amides is 1. The number of nitrogens with one attached hydrogen (secondary N) is 1. The molecule has 4 rings (SSSR count). The maximum absolute atomic E-state index is 13.6. The number of hydrogen-bond acceptors (Lipinski definition) is 4. The van der Waals surface area contributed by atoms with E-state index in [0.717, 1.165) is 82.6 Å². The van der Waals surface area contributed by atoms with Gasteiger partial charge in [-0.2, -0.15) is 0 Å². The van der Waals surface area contributed by atoms with Crippen LogP contribution in [-0.4, -0.2) is 61.1 Å². The summed E-state index contributed by atoms with van der Waals surface area (Å²) in [6, 6.07) is 5.74. The highest BCUT2D eigenvalue weighted by Crippen LogP contribution is 2.27. The lowest BCUT2D eigenvalue weighted by atomic mass is 9.93. The Morgan fingerprint density at radius 1 is 1.18 bits per heavy atom. The fraction of sp³-hybridized carbons (Fsp3) is 0.682. The highest BCUT2D eigenvalue weighted by atomic mass is 19.1. The first-order valence-corrected chi connectivity index (χ1v) is 10.7. The smallest absolute Gasteiger partial charge is 0.224 e. The van der Waals surface area contributed by atoms with Gasteiger partial charge in [0, 0.05) is 30.7 Å². The summed E-state index contributed by atoms with van der Waals surface area (Å²) >= 11 is 0. The maximum atomic E-state index is 13.6. The number of likely N-dealkylation sites (tertiary alicyclic amines) is 2. The zero-order chi connectivity index (χ0) is 19.5. The van der Waals surface area contributed by atoms with Crippen molar-refractivity contribution in [3.63, 3.8) is 0 Å². The Labute approximate surface area is 167 Å². The topological polar surface area (TPSA) is 44.8 Å². The van der Waals surface area contributed by atoms with Gasteiger partial charge in [-0.15, -0.1) is 0 Å². The number of piperidine rings is 2. The van der Waals surface area contributed by atoms with Crippen molar-refractivity contribution in [2.24, 2.45) is 5.92 Å². The van der Waals surface area contributed by atoms with E-state index in [4.69, 9.17) is 4.74 Å². The molecule has 3 fully saturated rings. The molecule has 0 bridgehead atoms. The third-order valence-electron chi connectivity index (χ3n) is 6.46. The molecule has 6 heteroatoms. The fourth-order valence-electron chi connectivity index (χ4n) is 4.65. The second kappa shape index (κ2) is 8.78. The van der Waals surface area contributed by atoms with Crippen molar-refractivity contribution < 1.29 is 13.9 Å². The molecule has 5 nitrogen and oxygen atoms in total. The molecule has 1 aromatic carbocycles. The van der Waals surface area contributed by atoms with E-state index in [1.807, 2.05) is 0 Å². The molecule has 1 amide bonds. The summed E-state index contributed by atoms with van der Waals surface area (Å²) in [5.41, 5.74) is 0.913. The maximum Gasteiger partial charge on any atom is 0.224 e. The molecule has 1 saturated carbocycles. The molecule has 28 heavy (non-hydrogen) atoms. The Morgan fingerprint density at radius 3 is 2.68 bits per heavy atom. The van der Waals surface area contributed by atoms with Gasteiger partial charge in [-0.3, -0.25) is 14.6 Å². The van der Waals surface area contributed by atoms with E-state index in [9.17, 15) is 9.18 Å². The van der Waals surface area contributed by atoms with Crippen LogP contribution in [0, 0.1) is 11.7 Å². The highest BCUT2D eigenvalue weighted by molar-refractivity contribution is 5.79. The van der Waals surface area contributed by atoms with Crippen molar-refractivity contribution in [1.29, 1.82) is 0 Å². The number of carbonyl (C=O) groups is 1. The van der Waals surface area contributed by atoms with Gasteiger partial charge in [-0.25, -0.2) is 4.39 Å². The molecule has 1 atom stereocenters. The molecule has 1 aromatic rings. The zero-order valence-electron chi connectivity index (χ0n) is 16.8. The van der Waals surface area contributed by atoms with E-state index in [1.54, 1.807) is 19.2 Å². The average molecular weight is 390 g/mol. The van der Waals surface area contributed by atoms with Gasteiger partial charge in [0.2, 0.25) is 5.91 Å². The molecule has 3 aliphatic rings. The number of nitrogens with zero attached hydrogens (tertiary/aromatic N) is 2. The van der Waals surface area contributed by atoms with E-state index >= 15 is 0 Å². The number of halogens is 1. The molecule has 0 unspecified atom stereocenters. The van der Waals surface area contributed by atoms with Crippen LogP contribution in [0.4, 0.5) is 4.39 Å². The highest BCUT2D eigenvalue weighted by Gasteiger charge is 2.33. The van der Waals surface area contributed by atoms with E-state index in [0.29, 0.717) is 12.1 Å². The van der Waals surface area contributed by atoms with Crippen molar-refractivity contribution in [2.75, 3.05) is 33.3 Å². The number of hydrogen-bond donors (Lipinski definition) is 1. The molecule has 2 aliphatic heterocycles. The normalized spacial score (nSPS) is 24.9. The second-order valence-electron chi connectivity index (χ2n) is 8.58. The van der Waals surface area contributed by atoms with Gasteiger partial charge in [-0.05, 0) is 76.4 Å². The summed E-state index contributed by atoms with van der Waals surface area (Å²) in [6.45, 7) is 4.73. The number of methoxy groups -OCH3 is 1. The van der Waals surface area contributed by atoms with Gasteiger partial charge in [0.15, 0.2) is 0 Å². The van der Waals surface area contributed by atoms with E-state index in [-0.39, 0.29) is 17.6 Å². The van der Waals surface area contributed by atoms with Crippen LogP contribution in [0.25, 0.3) is 0 Å². The van der Waals surface area contributed by atoms with E-state index in [2.05, 4.69) is 15.1 Å². The van der Waals surface area contributed by atoms with Crippen LogP contribution in [-0.2, 0) is 11.3 Å². The molecular weight excluding hydrogens is 357 g/mol. The molecule has 0 spiro atoms. The van der Waals surface area contributed by atoms with Crippen LogP contribution >= 0.6 is 0 Å². The lowest BCUT2D eigenvalue weighted by molar-refractivity contribution is -0.127. The molecule has 0 aromatic heterocycles. The third-order valence-corrected chi connectivity index (χ3v) is 6.46. The van der Waals surface area contributed by atoms with E-state index in [1.165, 1.54) is 6.07 Å². The van der Waals surface area contributed by atoms with Gasteiger partial charge >= 0.3 is 0 Å². The molecule has 0 radical (unpaired) electrons. The van der Waals surface area contributed by atoms with Crippen LogP contribution < -0.4 is 10.1 Å². The van der Waals surface area contributed by atoms with Crippen molar-refractivity contribution in [3.05, 3.63) is 29.6 Å². The number of ether oxygens (including phenoxy) is 1. The first kappa shape index (κ1) is 19.6. The number of carbonyl (C=O) groups excluding carboxylic acids is 1. The molecular formula is C22H32FN3O2. The predicted octanol–water partition coefficient (Wildman–Crippen LogP) is 2.79. The minimum atomic E-state index is -0.213. The number of rotatable bonds is 6. The standard InChI is InChI=1S/C22H32FN3O2/c1-28-21-7-4-18(23)13-17(21)14-25-11-8-20(9-12-25)26-10-2-3-16(15-26)22(27)24-19-5-6-19/h4,7,13,16,19-20H,2-3,5-6,8-12,14-15H2,1H3,(H,24,27)/t16-/m1/s1. The summed E-state index contributed by atoms with van der Waals surface area (Å²) in [6.07, 6.45) is 6.65. The van der Waals surface area contributed by atoms with Crippen molar-refractivity contribution in [3.8, 4) is 5.75 Å². The quantitative estimate of drug-likeness (QED) is 0.813. The van der Waals surface area contributed by atoms with E-state index < -0.39 is 0 Å². The second-order valence-corrected chi connectivity index (χ2v) is 8.58. The molecule has 1 N–H and O–H groups in total. The van der Waals surface area contributed by atoms with Crippen LogP contribution in [0.3, 0.4) is 0 Å². The van der Waals surface area contributed by atoms with Gasteiger partial charge in [0.05, 0.1) is 13.0 Å². The fourth-order valence-corrected chi connectivity index (χ4v) is 4.65. The van der Waals surface area contributed by atoms with Crippen LogP contribution in [0.2, 0.25) is 0 Å². The largest absolute Gasteiger partial charge is 0.496 e. The minimum absolute atomic E-state index is 0.156. The van der Waals surface area contributed by atoms with Crippen molar-refractivity contribution >= 4 is 5.91 Å². The summed E-state index contributed by atoms with van der Waals surface area (Å²) < 4.78 is 19.0. The van der Waals surface area contributed by atoms with Crippen molar-refractivity contribution in [1.82, 2.24) is 15.1 Å². The van der Waals surface area contributed by atoms with Gasteiger partial charge in [0.1, 0.15) is 11.6 Å². The third kappa shape index (κ3) is 4.84. The summed E-state index contributed by atoms with van der Waals surface area (Å²) in [4.78, 5) is 17.4. The number of benzene rings is 1. The summed E-state index contributed by atoms with van der Waals surface area (Å²) in [5.74, 6) is 0.963. The van der Waals surface area contributed by atoms with Crippen LogP contribution in [0.15, 0.2) is 18.2 Å². The Balaban J connectivity index is 1.28. The zero-order valence-corrected chi connectivity index (χ0v) is 16.8. The van der Waals surface area contributed by atoms with Gasteiger partial charge in [0.25, 0.3) is 0 Å². The average Bonchev–Trinajstić information content (AvgIpc) is 3.53. The van der Waals surface area contributed by atoms with Crippen LogP contribution in [0.1, 0.15) is 44.1 Å². The molecule has 2 saturated heterocycles. The Bertz CT molecular complexity index is 686. The minimum Gasteiger partial charge on any atom is -0.496 e. The molecule has 1 aliphatic carbocycles. The Morgan fingerprint density at radius 2 is 1.96 bits per heavy atom. The van der Waals surface area contributed by atoms with Crippen molar-refractivity contribution in [2.45, 2.75) is 57.2 Å². The lowest BCUT2D eigenvalue weighted by Crippen LogP contribution is -2.50. The summed E-state index contributed by atoms with van der Waals surface area (Å²) in [7, 11) is 1.63. The van der Waals surface area contributed by atoms with Gasteiger partial charge in [-0.1, -0.05) is 0 Å². The SMILES string of the molecule is COc1ccc(F)cc1CN1CCC(N2CCC[C@@H](C(=O)NC3CC3)C2)CC1. The Hall–Kier alpha value is -1.66. The van der Waals surface area contributed by atoms with Gasteiger partial charge < -0.3 is 10.1 Å². The molecule has 2 heterocycles. The first-order chi connectivity index (χ1) is 13.6. The molecule has 154 valence electrons. The first-order valence-electron chi connectivity index (χ1n) is 10.7. The lowest BCUT2D eigenvalue weighted by Gasteiger charge is -2.42. The Kier molecular flexibility index (Phi) is 6.16.